The summed E-state index contributed by atoms with van der Waals surface area (Å²) >= 11 is 0. The van der Waals surface area contributed by atoms with E-state index in [-0.39, 0.29) is 25.3 Å². The van der Waals surface area contributed by atoms with Gasteiger partial charge in [0.15, 0.2) is 0 Å². The highest BCUT2D eigenvalue weighted by Gasteiger charge is 2.61. The number of nitrogens with zero attached hydrogens (tertiary/aromatic N) is 4. The fourth-order valence-electron chi connectivity index (χ4n) is 6.94. The number of rotatable bonds is 6. The van der Waals surface area contributed by atoms with Gasteiger partial charge in [0.1, 0.15) is 28.9 Å². The van der Waals surface area contributed by atoms with E-state index in [1.54, 1.807) is 25.6 Å². The van der Waals surface area contributed by atoms with E-state index in [2.05, 4.69) is 10.6 Å². The number of aromatic nitrogens is 3. The van der Waals surface area contributed by atoms with Gasteiger partial charge in [-0.1, -0.05) is 85.7 Å². The van der Waals surface area contributed by atoms with Gasteiger partial charge in [-0.25, -0.2) is 9.59 Å². The molecular weight excluding hydrogens is 636 g/mol. The van der Waals surface area contributed by atoms with Gasteiger partial charge >= 0.3 is 12.1 Å². The molecule has 1 saturated carbocycles. The number of nitrogens with one attached hydrogen (secondary N) is 2. The van der Waals surface area contributed by atoms with Gasteiger partial charge in [-0.2, -0.15) is 15.0 Å². The Hall–Kier alpha value is -5.00. The first-order valence-electron chi connectivity index (χ1n) is 17.5. The number of carboxylic acids is 1. The lowest BCUT2D eigenvalue weighted by molar-refractivity contribution is -0.145. The SMILES string of the molecule is CC(C)(C)OC(=O)N[C@@H]1CCCCC/C=C\[C@H]2C[C@]2(C(=O)O)NC(=O)[C@@H]2C[C@H](n3nc(Cc4ccccc4)c(-c4ccccc4)n3)CN2C1=O. The number of aliphatic carboxylic acids is 1. The van der Waals surface area contributed by atoms with E-state index in [0.717, 1.165) is 36.1 Å². The Morgan fingerprint density at radius 1 is 1.02 bits per heavy atom. The molecule has 50 heavy (non-hydrogen) atoms. The average Bonchev–Trinajstić information content (AvgIpc) is 3.37. The van der Waals surface area contributed by atoms with Crippen molar-refractivity contribution in [3.63, 3.8) is 0 Å². The van der Waals surface area contributed by atoms with Crippen LogP contribution in [0.2, 0.25) is 0 Å². The largest absolute Gasteiger partial charge is 0.479 e. The fraction of sp³-hybridized carbons (Fsp3) is 0.474. The number of fused-ring (bicyclic) bond motifs is 2. The van der Waals surface area contributed by atoms with Crippen molar-refractivity contribution in [2.24, 2.45) is 5.92 Å². The van der Waals surface area contributed by atoms with Crippen LogP contribution in [0.3, 0.4) is 0 Å². The number of carbonyl (C=O) groups excluding carboxylic acids is 3. The Kier molecular flexibility index (Phi) is 10.1. The zero-order valence-electron chi connectivity index (χ0n) is 28.9. The second-order valence-corrected chi connectivity index (χ2v) is 14.6. The number of carboxylic acid groups (broad SMARTS) is 1. The van der Waals surface area contributed by atoms with Gasteiger partial charge in [-0.15, -0.1) is 0 Å². The van der Waals surface area contributed by atoms with E-state index >= 15 is 0 Å². The molecule has 0 bridgehead atoms. The van der Waals surface area contributed by atoms with Gasteiger partial charge in [-0.3, -0.25) is 9.59 Å². The van der Waals surface area contributed by atoms with E-state index in [9.17, 15) is 24.3 Å². The van der Waals surface area contributed by atoms with Gasteiger partial charge < -0.3 is 25.4 Å². The Balaban J connectivity index is 1.34. The van der Waals surface area contributed by atoms with Crippen molar-refractivity contribution < 1.29 is 29.0 Å². The first-order valence-corrected chi connectivity index (χ1v) is 17.5. The molecule has 5 atom stereocenters. The number of hydrogen-bond donors (Lipinski definition) is 3. The molecule has 3 aliphatic rings. The van der Waals surface area contributed by atoms with E-state index in [0.29, 0.717) is 25.0 Å². The third-order valence-electron chi connectivity index (χ3n) is 9.62. The minimum Gasteiger partial charge on any atom is -0.479 e. The minimum atomic E-state index is -1.43. The Morgan fingerprint density at radius 2 is 1.74 bits per heavy atom. The topological polar surface area (TPSA) is 156 Å². The van der Waals surface area contributed by atoms with Crippen LogP contribution >= 0.6 is 0 Å². The smallest absolute Gasteiger partial charge is 0.408 e. The Bertz CT molecular complexity index is 1730. The second-order valence-electron chi connectivity index (χ2n) is 14.6. The van der Waals surface area contributed by atoms with Gasteiger partial charge in [0.2, 0.25) is 11.8 Å². The summed E-state index contributed by atoms with van der Waals surface area (Å²) in [6.45, 7) is 5.35. The molecule has 0 radical (unpaired) electrons. The van der Waals surface area contributed by atoms with Crippen LogP contribution in [0.4, 0.5) is 4.79 Å². The first kappa shape index (κ1) is 34.8. The number of allylic oxidation sites excluding steroid dienone is 1. The molecule has 12 nitrogen and oxygen atoms in total. The molecular formula is C38H46N6O6. The van der Waals surface area contributed by atoms with Crippen LogP contribution in [-0.2, 0) is 25.5 Å². The molecule has 264 valence electrons. The lowest BCUT2D eigenvalue weighted by Gasteiger charge is -2.30. The summed E-state index contributed by atoms with van der Waals surface area (Å²) in [6.07, 6.45) is 7.55. The van der Waals surface area contributed by atoms with Crippen molar-refractivity contribution in [3.8, 4) is 11.3 Å². The molecule has 12 heteroatoms. The maximum absolute atomic E-state index is 14.4. The van der Waals surface area contributed by atoms with E-state index in [1.165, 1.54) is 4.90 Å². The molecule has 0 spiro atoms. The second kappa shape index (κ2) is 14.5. The molecule has 2 aliphatic heterocycles. The van der Waals surface area contributed by atoms with E-state index in [1.807, 2.05) is 72.8 Å². The summed E-state index contributed by atoms with van der Waals surface area (Å²) in [5.74, 6) is -2.42. The molecule has 0 unspecified atom stereocenters. The van der Waals surface area contributed by atoms with E-state index < -0.39 is 53.1 Å². The molecule has 3 amide bonds. The van der Waals surface area contributed by atoms with Crippen molar-refractivity contribution in [2.75, 3.05) is 6.54 Å². The molecule has 3 heterocycles. The molecule has 1 aromatic heterocycles. The summed E-state index contributed by atoms with van der Waals surface area (Å²) in [4.78, 5) is 57.0. The first-order chi connectivity index (χ1) is 23.9. The van der Waals surface area contributed by atoms with Crippen molar-refractivity contribution >= 4 is 23.9 Å². The van der Waals surface area contributed by atoms with Gasteiger partial charge in [0, 0.05) is 30.9 Å². The molecule has 2 fully saturated rings. The molecule has 3 aromatic rings. The Labute approximate surface area is 292 Å². The van der Waals surface area contributed by atoms with Crippen LogP contribution in [-0.4, -0.2) is 78.6 Å². The molecule has 1 saturated heterocycles. The maximum atomic E-state index is 14.4. The molecule has 1 aliphatic carbocycles. The third-order valence-corrected chi connectivity index (χ3v) is 9.62. The van der Waals surface area contributed by atoms with Crippen LogP contribution < -0.4 is 10.6 Å². The highest BCUT2D eigenvalue weighted by atomic mass is 16.6. The molecule has 6 rings (SSSR count). The summed E-state index contributed by atoms with van der Waals surface area (Å²) in [7, 11) is 0. The van der Waals surface area contributed by atoms with Crippen LogP contribution in [0.25, 0.3) is 11.3 Å². The van der Waals surface area contributed by atoms with Crippen LogP contribution in [0.5, 0.6) is 0 Å². The maximum Gasteiger partial charge on any atom is 0.408 e. The van der Waals surface area contributed by atoms with Crippen molar-refractivity contribution in [2.45, 2.75) is 101 Å². The zero-order valence-corrected chi connectivity index (χ0v) is 28.9. The number of hydrogen-bond acceptors (Lipinski definition) is 7. The number of ether oxygens (including phenoxy) is 1. The summed E-state index contributed by atoms with van der Waals surface area (Å²) in [5.41, 5.74) is 1.22. The summed E-state index contributed by atoms with van der Waals surface area (Å²) < 4.78 is 5.50. The fourth-order valence-corrected chi connectivity index (χ4v) is 6.94. The number of amides is 3. The van der Waals surface area contributed by atoms with Crippen LogP contribution in [0.15, 0.2) is 72.8 Å². The van der Waals surface area contributed by atoms with Crippen LogP contribution in [0.1, 0.15) is 83.0 Å². The van der Waals surface area contributed by atoms with Gasteiger partial charge in [-0.05, 0) is 52.0 Å². The normalized spacial score (nSPS) is 26.4. The molecule has 3 N–H and O–H groups in total. The van der Waals surface area contributed by atoms with Crippen molar-refractivity contribution in [3.05, 3.63) is 84.1 Å². The average molecular weight is 683 g/mol. The lowest BCUT2D eigenvalue weighted by atomic mass is 10.0. The Morgan fingerprint density at radius 3 is 2.44 bits per heavy atom. The highest BCUT2D eigenvalue weighted by Crippen LogP contribution is 2.45. The number of benzene rings is 2. The minimum absolute atomic E-state index is 0.0977. The quantitative estimate of drug-likeness (QED) is 0.305. The van der Waals surface area contributed by atoms with Gasteiger partial charge in [0.25, 0.3) is 0 Å². The van der Waals surface area contributed by atoms with E-state index in [4.69, 9.17) is 14.9 Å². The highest BCUT2D eigenvalue weighted by molar-refractivity contribution is 5.96. The summed E-state index contributed by atoms with van der Waals surface area (Å²) in [6, 6.07) is 17.3. The lowest BCUT2D eigenvalue weighted by Crippen LogP contribution is -2.56. The number of carbonyl (C=O) groups is 4. The van der Waals surface area contributed by atoms with Gasteiger partial charge in [0.05, 0.1) is 11.7 Å². The standard InChI is InChI=1S/C38H46N6O6/c1-37(2,3)50-36(49)39-29-20-14-6-4-5-13-19-27-23-38(27,35(47)48)40-33(45)31-22-28(24-43(31)34(29)46)44-41-30(21-25-15-9-7-10-16-25)32(42-44)26-17-11-8-12-18-26/h7-13,15-19,27-29,31H,4-6,14,20-24H2,1-3H3,(H,39,49)(H,40,45)(H,47,48)/b19-13-/t27-,28-,29+,31-,38-/m0/s1. The predicted molar refractivity (Wildman–Crippen MR) is 186 cm³/mol. The van der Waals surface area contributed by atoms with Crippen molar-refractivity contribution in [1.82, 2.24) is 30.5 Å². The van der Waals surface area contributed by atoms with Crippen LogP contribution in [0, 0.1) is 5.92 Å². The number of alkyl carbamates (subject to hydrolysis) is 1. The molecule has 2 aromatic carbocycles. The summed E-state index contributed by atoms with van der Waals surface area (Å²) in [5, 5.41) is 25.7. The predicted octanol–water partition coefficient (Wildman–Crippen LogP) is 5.05. The third kappa shape index (κ3) is 7.90. The zero-order chi connectivity index (χ0) is 35.5. The monoisotopic (exact) mass is 682 g/mol. The van der Waals surface area contributed by atoms with Crippen molar-refractivity contribution in [1.29, 1.82) is 0 Å².